The highest BCUT2D eigenvalue weighted by Gasteiger charge is 2.10. The third-order valence-corrected chi connectivity index (χ3v) is 3.49. The van der Waals surface area contributed by atoms with Gasteiger partial charge in [-0.2, -0.15) is 5.26 Å². The summed E-state index contributed by atoms with van der Waals surface area (Å²) in [4.78, 5) is 14.6. The molecular weight excluding hydrogens is 286 g/mol. The summed E-state index contributed by atoms with van der Waals surface area (Å²) in [5, 5.41) is 23.3. The van der Waals surface area contributed by atoms with Crippen LogP contribution < -0.4 is 5.32 Å². The monoisotopic (exact) mass is 293 g/mol. The molecule has 7 heteroatoms. The lowest BCUT2D eigenvalue weighted by Gasteiger charge is -2.07. The second-order valence-corrected chi connectivity index (χ2v) is 4.91. The molecule has 0 fully saturated rings. The molecule has 0 aliphatic heterocycles. The maximum Gasteiger partial charge on any atom is 0.355 e. The van der Waals surface area contributed by atoms with Gasteiger partial charge in [0.05, 0.1) is 22.8 Å². The van der Waals surface area contributed by atoms with Crippen LogP contribution in [0.3, 0.4) is 0 Å². The molecule has 0 saturated carbocycles. The zero-order chi connectivity index (χ0) is 13.8. The fourth-order valence-corrected chi connectivity index (χ4v) is 2.37. The van der Waals surface area contributed by atoms with Crippen LogP contribution in [0.1, 0.15) is 21.1 Å². The average molecular weight is 294 g/mol. The van der Waals surface area contributed by atoms with Crippen LogP contribution in [0.5, 0.6) is 0 Å². The Balaban J connectivity index is 2.12. The van der Waals surface area contributed by atoms with Gasteiger partial charge in [0, 0.05) is 5.38 Å². The van der Waals surface area contributed by atoms with Crippen LogP contribution in [0.25, 0.3) is 0 Å². The molecule has 0 amide bonds. The lowest BCUT2D eigenvalue weighted by atomic mass is 10.2. The first-order valence-corrected chi connectivity index (χ1v) is 6.47. The van der Waals surface area contributed by atoms with E-state index in [1.54, 1.807) is 18.2 Å². The third kappa shape index (κ3) is 3.02. The van der Waals surface area contributed by atoms with Gasteiger partial charge in [-0.25, -0.2) is 9.78 Å². The van der Waals surface area contributed by atoms with E-state index in [2.05, 4.69) is 10.3 Å². The molecule has 0 saturated heterocycles. The average Bonchev–Trinajstić information content (AvgIpc) is 2.85. The number of hydrogen-bond acceptors (Lipinski definition) is 5. The maximum absolute atomic E-state index is 10.7. The Morgan fingerprint density at radius 2 is 2.37 bits per heavy atom. The van der Waals surface area contributed by atoms with Gasteiger partial charge in [0.2, 0.25) is 0 Å². The number of nitrogens with one attached hydrogen (secondary N) is 1. The minimum Gasteiger partial charge on any atom is -0.476 e. The van der Waals surface area contributed by atoms with E-state index in [1.165, 1.54) is 16.7 Å². The maximum atomic E-state index is 10.7. The standard InChI is InChI=1S/C12H8ClN3O2S/c13-8-2-1-3-9(7(8)4-14)15-5-11-16-10(6-19-11)12(17)18/h1-3,6,15H,5H2,(H,17,18). The van der Waals surface area contributed by atoms with Crippen LogP contribution in [0, 0.1) is 11.3 Å². The molecule has 5 nitrogen and oxygen atoms in total. The molecule has 1 aromatic heterocycles. The van der Waals surface area contributed by atoms with Crippen molar-refractivity contribution < 1.29 is 9.90 Å². The molecule has 2 rings (SSSR count). The van der Waals surface area contributed by atoms with E-state index in [-0.39, 0.29) is 5.69 Å². The van der Waals surface area contributed by atoms with Crippen LogP contribution in [-0.4, -0.2) is 16.1 Å². The van der Waals surface area contributed by atoms with Gasteiger partial charge in [-0.1, -0.05) is 17.7 Å². The number of carboxylic acids is 1. The van der Waals surface area contributed by atoms with Crippen molar-refractivity contribution in [3.63, 3.8) is 0 Å². The minimum atomic E-state index is -1.05. The van der Waals surface area contributed by atoms with E-state index in [0.29, 0.717) is 27.8 Å². The molecule has 0 spiro atoms. The van der Waals surface area contributed by atoms with Crippen molar-refractivity contribution in [2.75, 3.05) is 5.32 Å². The van der Waals surface area contributed by atoms with Crippen LogP contribution in [0.15, 0.2) is 23.6 Å². The predicted octanol–water partition coefficient (Wildman–Crippen LogP) is 2.98. The summed E-state index contributed by atoms with van der Waals surface area (Å²) < 4.78 is 0. The number of hydrogen-bond donors (Lipinski definition) is 2. The number of nitriles is 1. The Morgan fingerprint density at radius 1 is 1.58 bits per heavy atom. The molecule has 0 aliphatic rings. The van der Waals surface area contributed by atoms with Crippen molar-refractivity contribution in [2.24, 2.45) is 0 Å². The summed E-state index contributed by atoms with van der Waals surface area (Å²) in [6.45, 7) is 0.340. The number of carboxylic acid groups (broad SMARTS) is 1. The fourth-order valence-electron chi connectivity index (χ4n) is 1.45. The molecule has 0 bridgehead atoms. The van der Waals surface area contributed by atoms with Crippen LogP contribution in [-0.2, 0) is 6.54 Å². The topological polar surface area (TPSA) is 86.0 Å². The van der Waals surface area contributed by atoms with Gasteiger partial charge in [-0.15, -0.1) is 11.3 Å². The van der Waals surface area contributed by atoms with E-state index in [4.69, 9.17) is 22.0 Å². The number of rotatable bonds is 4. The van der Waals surface area contributed by atoms with E-state index in [9.17, 15) is 4.79 Å². The Hall–Kier alpha value is -2.10. The zero-order valence-corrected chi connectivity index (χ0v) is 11.1. The molecule has 0 unspecified atom stereocenters. The first kappa shape index (κ1) is 13.3. The summed E-state index contributed by atoms with van der Waals surface area (Å²) in [7, 11) is 0. The summed E-state index contributed by atoms with van der Waals surface area (Å²) in [6, 6.07) is 7.12. The van der Waals surface area contributed by atoms with E-state index in [0.717, 1.165) is 0 Å². The number of halogens is 1. The highest BCUT2D eigenvalue weighted by molar-refractivity contribution is 7.09. The summed E-state index contributed by atoms with van der Waals surface area (Å²) in [6.07, 6.45) is 0. The van der Waals surface area contributed by atoms with E-state index >= 15 is 0 Å². The van der Waals surface area contributed by atoms with Gasteiger partial charge in [0.15, 0.2) is 5.69 Å². The van der Waals surface area contributed by atoms with Crippen molar-refractivity contribution in [3.8, 4) is 6.07 Å². The minimum absolute atomic E-state index is 0.0217. The van der Waals surface area contributed by atoms with Gasteiger partial charge in [0.25, 0.3) is 0 Å². The molecule has 2 aromatic rings. The number of carbonyl (C=O) groups is 1. The number of thiazole rings is 1. The molecular formula is C12H8ClN3O2S. The molecule has 1 aromatic carbocycles. The van der Waals surface area contributed by atoms with Crippen LogP contribution in [0.4, 0.5) is 5.69 Å². The molecule has 1 heterocycles. The molecule has 96 valence electrons. The Bertz CT molecular complexity index is 663. The summed E-state index contributed by atoms with van der Waals surface area (Å²) in [5.41, 5.74) is 0.981. The zero-order valence-electron chi connectivity index (χ0n) is 9.55. The molecule has 19 heavy (non-hydrogen) atoms. The Labute approximate surface area is 118 Å². The van der Waals surface area contributed by atoms with Gasteiger partial charge >= 0.3 is 5.97 Å². The molecule has 0 radical (unpaired) electrons. The van der Waals surface area contributed by atoms with Crippen molar-refractivity contribution in [2.45, 2.75) is 6.54 Å². The van der Waals surface area contributed by atoms with Crippen LogP contribution >= 0.6 is 22.9 Å². The number of anilines is 1. The first-order chi connectivity index (χ1) is 9.11. The van der Waals surface area contributed by atoms with Gasteiger partial charge < -0.3 is 10.4 Å². The van der Waals surface area contributed by atoms with Crippen molar-refractivity contribution >= 4 is 34.6 Å². The Kier molecular flexibility index (Phi) is 4.00. The smallest absolute Gasteiger partial charge is 0.355 e. The van der Waals surface area contributed by atoms with Crippen LogP contribution in [0.2, 0.25) is 5.02 Å². The molecule has 0 aliphatic carbocycles. The normalized spacial score (nSPS) is 9.89. The highest BCUT2D eigenvalue weighted by Crippen LogP contribution is 2.24. The van der Waals surface area contributed by atoms with Gasteiger partial charge in [-0.3, -0.25) is 0 Å². The van der Waals surface area contributed by atoms with E-state index < -0.39 is 5.97 Å². The highest BCUT2D eigenvalue weighted by atomic mass is 35.5. The second-order valence-electron chi connectivity index (χ2n) is 3.56. The Morgan fingerprint density at radius 3 is 3.00 bits per heavy atom. The fraction of sp³-hybridized carbons (Fsp3) is 0.0833. The first-order valence-electron chi connectivity index (χ1n) is 5.22. The predicted molar refractivity (Wildman–Crippen MR) is 72.6 cm³/mol. The lowest BCUT2D eigenvalue weighted by Crippen LogP contribution is -2.02. The van der Waals surface area contributed by atoms with Crippen molar-refractivity contribution in [3.05, 3.63) is 44.9 Å². The lowest BCUT2D eigenvalue weighted by molar-refractivity contribution is 0.0691. The largest absolute Gasteiger partial charge is 0.476 e. The molecule has 2 N–H and O–H groups in total. The quantitative estimate of drug-likeness (QED) is 0.905. The third-order valence-electron chi connectivity index (χ3n) is 2.33. The number of benzene rings is 1. The summed E-state index contributed by atoms with van der Waals surface area (Å²) >= 11 is 7.15. The number of aromatic nitrogens is 1. The number of aromatic carboxylic acids is 1. The van der Waals surface area contributed by atoms with E-state index in [1.807, 2.05) is 6.07 Å². The number of nitrogens with zero attached hydrogens (tertiary/aromatic N) is 2. The summed E-state index contributed by atoms with van der Waals surface area (Å²) in [5.74, 6) is -1.05. The van der Waals surface area contributed by atoms with Crippen molar-refractivity contribution in [1.82, 2.24) is 4.98 Å². The SMILES string of the molecule is N#Cc1c(Cl)cccc1NCc1nc(C(=O)O)cs1. The van der Waals surface area contributed by atoms with Gasteiger partial charge in [0.1, 0.15) is 11.1 Å². The second kappa shape index (κ2) is 5.69. The molecule has 0 atom stereocenters. The van der Waals surface area contributed by atoms with Gasteiger partial charge in [-0.05, 0) is 12.1 Å². The van der Waals surface area contributed by atoms with Crippen molar-refractivity contribution in [1.29, 1.82) is 5.26 Å².